The first-order chi connectivity index (χ1) is 10.3. The van der Waals surface area contributed by atoms with E-state index in [0.29, 0.717) is 0 Å². The Kier molecular flexibility index (Phi) is 4.38. The van der Waals surface area contributed by atoms with Crippen molar-refractivity contribution in [2.45, 2.75) is 43.7 Å². The van der Waals surface area contributed by atoms with Gasteiger partial charge in [-0.2, -0.15) is 5.26 Å². The van der Waals surface area contributed by atoms with Gasteiger partial charge in [-0.3, -0.25) is 5.32 Å². The lowest BCUT2D eigenvalue weighted by molar-refractivity contribution is 0.254. The molecule has 1 N–H and O–H groups in total. The molecule has 108 valence electrons. The molecule has 21 heavy (non-hydrogen) atoms. The highest BCUT2D eigenvalue weighted by molar-refractivity contribution is 7.09. The van der Waals surface area contributed by atoms with Crippen molar-refractivity contribution in [3.8, 4) is 6.07 Å². The minimum absolute atomic E-state index is 0.289. The third-order valence-corrected chi connectivity index (χ3v) is 5.34. The number of hydrogen-bond acceptors (Lipinski definition) is 3. The van der Waals surface area contributed by atoms with Crippen LogP contribution in [-0.2, 0) is 6.54 Å². The Morgan fingerprint density at radius 1 is 1.19 bits per heavy atom. The van der Waals surface area contributed by atoms with Crippen LogP contribution < -0.4 is 5.32 Å². The average Bonchev–Trinajstić information content (AvgIpc) is 3.07. The quantitative estimate of drug-likeness (QED) is 0.904. The van der Waals surface area contributed by atoms with Gasteiger partial charge in [-0.05, 0) is 29.9 Å². The summed E-state index contributed by atoms with van der Waals surface area (Å²) < 4.78 is 0. The molecule has 2 nitrogen and oxygen atoms in total. The summed E-state index contributed by atoms with van der Waals surface area (Å²) >= 11 is 1.75. The van der Waals surface area contributed by atoms with E-state index in [0.717, 1.165) is 25.8 Å². The zero-order valence-corrected chi connectivity index (χ0v) is 12.9. The minimum atomic E-state index is -0.427. The van der Waals surface area contributed by atoms with Crippen LogP contribution in [0.3, 0.4) is 0 Å². The molecule has 1 aromatic carbocycles. The van der Waals surface area contributed by atoms with E-state index in [1.807, 2.05) is 6.07 Å². The number of thiophene rings is 1. The van der Waals surface area contributed by atoms with Crippen molar-refractivity contribution in [3.63, 3.8) is 0 Å². The van der Waals surface area contributed by atoms with E-state index >= 15 is 0 Å². The maximum absolute atomic E-state index is 9.89. The highest BCUT2D eigenvalue weighted by Gasteiger charge is 2.41. The maximum atomic E-state index is 9.89. The molecule has 1 saturated carbocycles. The largest absolute Gasteiger partial charge is 0.294 e. The van der Waals surface area contributed by atoms with Crippen LogP contribution in [0.2, 0.25) is 0 Å². The van der Waals surface area contributed by atoms with Gasteiger partial charge in [-0.15, -0.1) is 11.3 Å². The van der Waals surface area contributed by atoms with Crippen LogP contribution in [0.25, 0.3) is 0 Å². The van der Waals surface area contributed by atoms with E-state index in [1.165, 1.54) is 16.9 Å². The first-order valence-electron chi connectivity index (χ1n) is 7.58. The summed E-state index contributed by atoms with van der Waals surface area (Å²) in [5.41, 5.74) is 0.862. The monoisotopic (exact) mass is 296 g/mol. The fourth-order valence-electron chi connectivity index (χ4n) is 3.35. The predicted molar refractivity (Wildman–Crippen MR) is 87.2 cm³/mol. The van der Waals surface area contributed by atoms with Crippen molar-refractivity contribution in [3.05, 3.63) is 58.3 Å². The highest BCUT2D eigenvalue weighted by atomic mass is 32.1. The molecule has 1 aliphatic rings. The van der Waals surface area contributed by atoms with E-state index < -0.39 is 5.54 Å². The smallest absolute Gasteiger partial charge is 0.113 e. The highest BCUT2D eigenvalue weighted by Crippen LogP contribution is 2.40. The van der Waals surface area contributed by atoms with Crippen LogP contribution in [0.5, 0.6) is 0 Å². The SMILES string of the molecule is N#CC1(NCc2cccs2)CCCCC1c1ccccc1. The van der Waals surface area contributed by atoms with Crippen LogP contribution in [0, 0.1) is 11.3 Å². The number of nitrogens with one attached hydrogen (secondary N) is 1. The van der Waals surface area contributed by atoms with Gasteiger partial charge in [0.05, 0.1) is 6.07 Å². The van der Waals surface area contributed by atoms with Gasteiger partial charge < -0.3 is 0 Å². The zero-order chi connectivity index (χ0) is 14.5. The molecule has 0 aliphatic heterocycles. The summed E-state index contributed by atoms with van der Waals surface area (Å²) in [4.78, 5) is 1.29. The molecule has 1 heterocycles. The Morgan fingerprint density at radius 2 is 2.05 bits per heavy atom. The Bertz CT molecular complexity index is 600. The molecule has 0 bridgehead atoms. The summed E-state index contributed by atoms with van der Waals surface area (Å²) in [6, 6.07) is 17.3. The molecule has 2 unspecified atom stereocenters. The van der Waals surface area contributed by atoms with Crippen molar-refractivity contribution >= 4 is 11.3 Å². The third kappa shape index (κ3) is 3.02. The first-order valence-corrected chi connectivity index (χ1v) is 8.46. The molecule has 3 heteroatoms. The van der Waals surface area contributed by atoms with Crippen molar-refractivity contribution in [1.29, 1.82) is 5.26 Å². The molecule has 1 aromatic heterocycles. The molecule has 2 aromatic rings. The molecule has 0 spiro atoms. The summed E-state index contributed by atoms with van der Waals surface area (Å²) in [5, 5.41) is 15.6. The van der Waals surface area contributed by atoms with Crippen LogP contribution in [0.15, 0.2) is 47.8 Å². The Labute approximate surface area is 130 Å². The zero-order valence-electron chi connectivity index (χ0n) is 12.1. The number of nitriles is 1. The molecular weight excluding hydrogens is 276 g/mol. The van der Waals surface area contributed by atoms with Gasteiger partial charge >= 0.3 is 0 Å². The minimum Gasteiger partial charge on any atom is -0.294 e. The fourth-order valence-corrected chi connectivity index (χ4v) is 4.00. The van der Waals surface area contributed by atoms with Crippen LogP contribution in [0.4, 0.5) is 0 Å². The van der Waals surface area contributed by atoms with Crippen molar-refractivity contribution < 1.29 is 0 Å². The predicted octanol–water partition coefficient (Wildman–Crippen LogP) is 4.46. The van der Waals surface area contributed by atoms with E-state index in [-0.39, 0.29) is 5.92 Å². The normalized spacial score (nSPS) is 25.4. The van der Waals surface area contributed by atoms with Gasteiger partial charge in [-0.25, -0.2) is 0 Å². The average molecular weight is 296 g/mol. The molecule has 0 amide bonds. The Morgan fingerprint density at radius 3 is 2.76 bits per heavy atom. The second kappa shape index (κ2) is 6.43. The summed E-state index contributed by atoms with van der Waals surface area (Å²) in [5.74, 6) is 0.289. The second-order valence-electron chi connectivity index (χ2n) is 5.73. The lowest BCUT2D eigenvalue weighted by atomic mass is 9.70. The Balaban J connectivity index is 1.84. The van der Waals surface area contributed by atoms with Gasteiger partial charge in [0.2, 0.25) is 0 Å². The van der Waals surface area contributed by atoms with Crippen molar-refractivity contribution in [2.24, 2.45) is 0 Å². The summed E-state index contributed by atoms with van der Waals surface area (Å²) in [6.45, 7) is 0.786. The fraction of sp³-hybridized carbons (Fsp3) is 0.389. The molecule has 1 aliphatic carbocycles. The van der Waals surface area contributed by atoms with Crippen molar-refractivity contribution in [2.75, 3.05) is 0 Å². The van der Waals surface area contributed by atoms with Gasteiger partial charge in [0, 0.05) is 17.3 Å². The lowest BCUT2D eigenvalue weighted by Gasteiger charge is -2.40. The molecule has 2 atom stereocenters. The van der Waals surface area contributed by atoms with Gasteiger partial charge in [0.15, 0.2) is 0 Å². The lowest BCUT2D eigenvalue weighted by Crippen LogP contribution is -2.50. The van der Waals surface area contributed by atoms with E-state index in [4.69, 9.17) is 0 Å². The number of rotatable bonds is 4. The van der Waals surface area contributed by atoms with Gasteiger partial charge in [-0.1, -0.05) is 49.2 Å². The number of benzene rings is 1. The summed E-state index contributed by atoms with van der Waals surface area (Å²) in [6.07, 6.45) is 4.38. The van der Waals surface area contributed by atoms with Crippen LogP contribution in [-0.4, -0.2) is 5.54 Å². The molecule has 3 rings (SSSR count). The van der Waals surface area contributed by atoms with E-state index in [1.54, 1.807) is 11.3 Å². The molecule has 0 saturated heterocycles. The molecule has 0 radical (unpaired) electrons. The summed E-state index contributed by atoms with van der Waals surface area (Å²) in [7, 11) is 0. The first kappa shape index (κ1) is 14.3. The topological polar surface area (TPSA) is 35.8 Å². The van der Waals surface area contributed by atoms with Crippen LogP contribution >= 0.6 is 11.3 Å². The third-order valence-electron chi connectivity index (χ3n) is 4.47. The maximum Gasteiger partial charge on any atom is 0.113 e. The Hall–Kier alpha value is -1.63. The van der Waals surface area contributed by atoms with Crippen molar-refractivity contribution in [1.82, 2.24) is 5.32 Å². The van der Waals surface area contributed by atoms with E-state index in [2.05, 4.69) is 53.2 Å². The standard InChI is InChI=1S/C18H20N2S/c19-14-18(20-13-16-9-6-12-21-16)11-5-4-10-17(18)15-7-2-1-3-8-15/h1-3,6-9,12,17,20H,4-5,10-11,13H2. The van der Waals surface area contributed by atoms with Gasteiger partial charge in [0.1, 0.15) is 5.54 Å². The van der Waals surface area contributed by atoms with Gasteiger partial charge in [0.25, 0.3) is 0 Å². The second-order valence-corrected chi connectivity index (χ2v) is 6.76. The van der Waals surface area contributed by atoms with Crippen LogP contribution in [0.1, 0.15) is 42.0 Å². The number of hydrogen-bond donors (Lipinski definition) is 1. The molecular formula is C18H20N2S. The number of nitrogens with zero attached hydrogens (tertiary/aromatic N) is 1. The van der Waals surface area contributed by atoms with E-state index in [9.17, 15) is 5.26 Å². The molecule has 1 fully saturated rings.